The quantitative estimate of drug-likeness (QED) is 0.814. The monoisotopic (exact) mass is 401 g/mol. The van der Waals surface area contributed by atoms with Crippen molar-refractivity contribution in [2.24, 2.45) is 17.6 Å². The van der Waals surface area contributed by atoms with Gasteiger partial charge >= 0.3 is 0 Å². The molecule has 4 atom stereocenters. The van der Waals surface area contributed by atoms with E-state index in [-0.39, 0.29) is 36.4 Å². The van der Waals surface area contributed by atoms with Crippen molar-refractivity contribution in [2.45, 2.75) is 44.8 Å². The van der Waals surface area contributed by atoms with Crippen molar-refractivity contribution >= 4 is 17.3 Å². The van der Waals surface area contributed by atoms with Gasteiger partial charge in [0, 0.05) is 12.8 Å². The molecule has 1 saturated carbocycles. The number of hydrogen-bond acceptors (Lipinski definition) is 6. The molecule has 0 saturated heterocycles. The Morgan fingerprint density at radius 1 is 1.21 bits per heavy atom. The van der Waals surface area contributed by atoms with Crippen molar-refractivity contribution in [1.29, 1.82) is 0 Å². The largest absolute Gasteiger partial charge is 0.496 e. The van der Waals surface area contributed by atoms with Gasteiger partial charge in [0.25, 0.3) is 0 Å². The second kappa shape index (κ2) is 8.45. The number of primary amides is 1. The fourth-order valence-corrected chi connectivity index (χ4v) is 4.42. The van der Waals surface area contributed by atoms with Gasteiger partial charge in [-0.1, -0.05) is 19.4 Å². The molecule has 4 unspecified atom stereocenters. The third-order valence-electron chi connectivity index (χ3n) is 5.98. The molecule has 156 valence electrons. The van der Waals surface area contributed by atoms with Crippen LogP contribution in [0.4, 0.5) is 0 Å². The summed E-state index contributed by atoms with van der Waals surface area (Å²) in [5, 5.41) is 0. The van der Waals surface area contributed by atoms with E-state index < -0.39 is 5.91 Å². The van der Waals surface area contributed by atoms with Gasteiger partial charge in [-0.2, -0.15) is 0 Å². The Morgan fingerprint density at radius 3 is 2.76 bits per heavy atom. The Labute approximate surface area is 170 Å². The van der Waals surface area contributed by atoms with E-state index in [0.29, 0.717) is 43.1 Å². The summed E-state index contributed by atoms with van der Waals surface area (Å²) in [6.07, 6.45) is 4.12. The topological polar surface area (TPSA) is 97.1 Å². The third-order valence-corrected chi connectivity index (χ3v) is 5.98. The molecular weight excluding hydrogens is 374 g/mol. The Kier molecular flexibility index (Phi) is 5.76. The van der Waals surface area contributed by atoms with Gasteiger partial charge in [0.1, 0.15) is 12.7 Å². The average Bonchev–Trinajstić information content (AvgIpc) is 2.97. The summed E-state index contributed by atoms with van der Waals surface area (Å²) in [6.45, 7) is 3.18. The van der Waals surface area contributed by atoms with Gasteiger partial charge in [-0.15, -0.1) is 0 Å². The zero-order valence-electron chi connectivity index (χ0n) is 16.6. The highest BCUT2D eigenvalue weighted by Gasteiger charge is 2.44. The van der Waals surface area contributed by atoms with E-state index >= 15 is 0 Å². The molecule has 4 rings (SSSR count). The van der Waals surface area contributed by atoms with Crippen molar-refractivity contribution < 1.29 is 28.5 Å². The van der Waals surface area contributed by atoms with Gasteiger partial charge in [0.05, 0.1) is 37.1 Å². The highest BCUT2D eigenvalue weighted by Crippen LogP contribution is 2.42. The number of fused-ring (bicyclic) bond motifs is 2. The second-order valence-corrected chi connectivity index (χ2v) is 7.84. The van der Waals surface area contributed by atoms with Gasteiger partial charge in [-0.25, -0.2) is 0 Å². The summed E-state index contributed by atoms with van der Waals surface area (Å²) in [6, 6.07) is 5.58. The number of carbonyl (C=O) groups is 2. The van der Waals surface area contributed by atoms with Crippen LogP contribution in [-0.4, -0.2) is 43.7 Å². The Balaban J connectivity index is 1.53. The number of nitrogens with two attached hydrogens (primary N) is 1. The molecular formula is C22H27NO6. The van der Waals surface area contributed by atoms with Crippen molar-refractivity contribution in [3.63, 3.8) is 0 Å². The number of rotatable bonds is 5. The first-order valence-electron chi connectivity index (χ1n) is 10.3. The normalized spacial score (nSPS) is 28.6. The van der Waals surface area contributed by atoms with E-state index in [4.69, 9.17) is 24.7 Å². The van der Waals surface area contributed by atoms with Crippen molar-refractivity contribution in [3.8, 4) is 11.5 Å². The van der Waals surface area contributed by atoms with Crippen molar-refractivity contribution in [3.05, 3.63) is 30.0 Å². The Morgan fingerprint density at radius 2 is 2.00 bits per heavy atom. The van der Waals surface area contributed by atoms with Crippen LogP contribution in [0.1, 0.15) is 38.2 Å². The third kappa shape index (κ3) is 4.10. The molecule has 1 aromatic rings. The van der Waals surface area contributed by atoms with E-state index in [0.717, 1.165) is 18.4 Å². The number of Topliss-reactive ketones (excluding diaryl/α,β-unsaturated/α-hetero) is 1. The number of ketones is 1. The predicted octanol–water partition coefficient (Wildman–Crippen LogP) is 2.46. The van der Waals surface area contributed by atoms with Gasteiger partial charge in [-0.3, -0.25) is 9.59 Å². The van der Waals surface area contributed by atoms with Crippen LogP contribution in [0, 0.1) is 11.8 Å². The predicted molar refractivity (Wildman–Crippen MR) is 105 cm³/mol. The van der Waals surface area contributed by atoms with Crippen molar-refractivity contribution in [1.82, 2.24) is 0 Å². The molecule has 2 aliphatic heterocycles. The van der Waals surface area contributed by atoms with Gasteiger partial charge in [0.2, 0.25) is 5.91 Å². The van der Waals surface area contributed by atoms with Crippen LogP contribution in [0.2, 0.25) is 0 Å². The number of carbonyl (C=O) groups excluding carboxylic acids is 2. The summed E-state index contributed by atoms with van der Waals surface area (Å²) >= 11 is 0. The molecule has 0 aromatic heterocycles. The lowest BCUT2D eigenvalue weighted by Crippen LogP contribution is -2.46. The van der Waals surface area contributed by atoms with Crippen LogP contribution < -0.4 is 15.2 Å². The molecule has 1 fully saturated rings. The molecule has 2 N–H and O–H groups in total. The zero-order chi connectivity index (χ0) is 20.4. The molecule has 1 amide bonds. The first kappa shape index (κ1) is 19.8. The maximum absolute atomic E-state index is 13.3. The lowest BCUT2D eigenvalue weighted by Gasteiger charge is -2.41. The highest BCUT2D eigenvalue weighted by molar-refractivity contribution is 6.22. The molecule has 29 heavy (non-hydrogen) atoms. The molecule has 7 heteroatoms. The molecule has 0 bridgehead atoms. The van der Waals surface area contributed by atoms with Crippen molar-refractivity contribution in [2.75, 3.05) is 19.8 Å². The lowest BCUT2D eigenvalue weighted by atomic mass is 9.72. The second-order valence-electron chi connectivity index (χ2n) is 7.84. The van der Waals surface area contributed by atoms with E-state index in [9.17, 15) is 9.59 Å². The van der Waals surface area contributed by atoms with Crippen LogP contribution in [0.5, 0.6) is 11.5 Å². The SMILES string of the molecule is CCC1CC2C(=O)C(c3ccc4c(c3)OCCCO4)=COC2CC1OCC(N)=O. The standard InChI is InChI=1S/C22H27NO6/c1-2-13-8-15-19(10-18(13)29-12-21(23)24)28-11-16(22(15)25)14-4-5-17-20(9-14)27-7-3-6-26-17/h4-5,9,11,13,15,18-19H,2-3,6-8,10,12H2,1H3,(H2,23,24). The molecule has 7 nitrogen and oxygen atoms in total. The first-order chi connectivity index (χ1) is 14.1. The minimum Gasteiger partial charge on any atom is -0.496 e. The Hall–Kier alpha value is -2.54. The van der Waals surface area contributed by atoms with Crippen LogP contribution in [0.3, 0.4) is 0 Å². The summed E-state index contributed by atoms with van der Waals surface area (Å²) in [5.41, 5.74) is 6.55. The van der Waals surface area contributed by atoms with Gasteiger partial charge < -0.3 is 24.7 Å². The maximum Gasteiger partial charge on any atom is 0.243 e. The number of amides is 1. The molecule has 0 radical (unpaired) electrons. The fourth-order valence-electron chi connectivity index (χ4n) is 4.42. The molecule has 3 aliphatic rings. The minimum absolute atomic E-state index is 0.0857. The van der Waals surface area contributed by atoms with E-state index in [1.54, 1.807) is 6.26 Å². The smallest absolute Gasteiger partial charge is 0.243 e. The molecule has 2 heterocycles. The molecule has 0 spiro atoms. The summed E-state index contributed by atoms with van der Waals surface area (Å²) < 4.78 is 23.1. The van der Waals surface area contributed by atoms with Crippen LogP contribution in [0.15, 0.2) is 24.5 Å². The first-order valence-corrected chi connectivity index (χ1v) is 10.3. The van der Waals surface area contributed by atoms with E-state index in [1.807, 2.05) is 18.2 Å². The lowest BCUT2D eigenvalue weighted by molar-refractivity contribution is -0.138. The average molecular weight is 401 g/mol. The number of ether oxygens (including phenoxy) is 4. The maximum atomic E-state index is 13.3. The fraction of sp³-hybridized carbons (Fsp3) is 0.545. The Bertz CT molecular complexity index is 820. The molecule has 1 aromatic carbocycles. The number of benzene rings is 1. The van der Waals surface area contributed by atoms with Gasteiger partial charge in [-0.05, 0) is 30.0 Å². The van der Waals surface area contributed by atoms with Crippen LogP contribution in [-0.2, 0) is 19.1 Å². The summed E-state index contributed by atoms with van der Waals surface area (Å²) in [4.78, 5) is 24.4. The van der Waals surface area contributed by atoms with Crippen LogP contribution in [0.25, 0.3) is 5.57 Å². The molecule has 1 aliphatic carbocycles. The zero-order valence-corrected chi connectivity index (χ0v) is 16.6. The highest BCUT2D eigenvalue weighted by atomic mass is 16.5. The number of allylic oxidation sites excluding steroid dienone is 1. The van der Waals surface area contributed by atoms with Crippen LogP contribution >= 0.6 is 0 Å². The summed E-state index contributed by atoms with van der Waals surface area (Å²) in [7, 11) is 0. The van der Waals surface area contributed by atoms with E-state index in [1.165, 1.54) is 0 Å². The minimum atomic E-state index is -0.487. The number of hydrogen-bond donors (Lipinski definition) is 1. The summed E-state index contributed by atoms with van der Waals surface area (Å²) in [5.74, 6) is 0.926. The van der Waals surface area contributed by atoms with Gasteiger partial charge in [0.15, 0.2) is 17.3 Å². The van der Waals surface area contributed by atoms with E-state index in [2.05, 4.69) is 6.92 Å².